The number of nitrogens with zero attached hydrogens (tertiary/aromatic N) is 3. The number of aromatic nitrogens is 1. The third-order valence-electron chi connectivity index (χ3n) is 5.14. The lowest BCUT2D eigenvalue weighted by Gasteiger charge is -2.23. The number of dihydropyridines is 1. The summed E-state index contributed by atoms with van der Waals surface area (Å²) in [6.07, 6.45) is 6.48. The van der Waals surface area contributed by atoms with Gasteiger partial charge in [-0.25, -0.2) is 4.98 Å². The number of ether oxygens (including phenoxy) is 2. The molecule has 4 rings (SSSR count). The van der Waals surface area contributed by atoms with Gasteiger partial charge in [-0.15, -0.1) is 0 Å². The molecule has 138 valence electrons. The number of aliphatic imine (C=N–C) groups is 1. The second-order valence-electron chi connectivity index (χ2n) is 6.88. The molecule has 2 fully saturated rings. The van der Waals surface area contributed by atoms with Gasteiger partial charge in [0.05, 0.1) is 12.2 Å². The quantitative estimate of drug-likeness (QED) is 0.809. The molecule has 26 heavy (non-hydrogen) atoms. The fourth-order valence-corrected chi connectivity index (χ4v) is 3.92. The number of carbonyl (C=O) groups excluding carboxylic acids is 1. The first-order valence-corrected chi connectivity index (χ1v) is 9.46. The van der Waals surface area contributed by atoms with Gasteiger partial charge in [-0.3, -0.25) is 9.79 Å². The Kier molecular flexibility index (Phi) is 5.22. The van der Waals surface area contributed by atoms with E-state index in [1.807, 2.05) is 6.20 Å². The zero-order valence-corrected chi connectivity index (χ0v) is 15.3. The van der Waals surface area contributed by atoms with Crippen LogP contribution in [0, 0.1) is 0 Å². The Morgan fingerprint density at radius 2 is 2.12 bits per heavy atom. The largest absolute Gasteiger partial charge is 0.472 e. The van der Waals surface area contributed by atoms with Crippen molar-refractivity contribution in [3.8, 4) is 5.88 Å². The molecule has 0 unspecified atom stereocenters. The summed E-state index contributed by atoms with van der Waals surface area (Å²) >= 11 is 6.16. The van der Waals surface area contributed by atoms with Gasteiger partial charge < -0.3 is 14.4 Å². The van der Waals surface area contributed by atoms with Gasteiger partial charge in [0.1, 0.15) is 17.7 Å². The summed E-state index contributed by atoms with van der Waals surface area (Å²) in [5.41, 5.74) is 1.97. The third-order valence-corrected chi connectivity index (χ3v) is 5.55. The smallest absolute Gasteiger partial charge is 0.213 e. The van der Waals surface area contributed by atoms with E-state index >= 15 is 0 Å². The highest BCUT2D eigenvalue weighted by Gasteiger charge is 2.29. The predicted octanol–water partition coefficient (Wildman–Crippen LogP) is 2.53. The van der Waals surface area contributed by atoms with Crippen LogP contribution < -0.4 is 4.74 Å². The zero-order valence-electron chi connectivity index (χ0n) is 14.6. The molecule has 1 aromatic rings. The first-order valence-electron chi connectivity index (χ1n) is 9.09. The number of rotatable bonds is 4. The van der Waals surface area contributed by atoms with Crippen LogP contribution in [0.25, 0.3) is 0 Å². The lowest BCUT2D eigenvalue weighted by molar-refractivity contribution is -0.113. The molecule has 0 N–H and O–H groups in total. The Balaban J connectivity index is 1.40. The molecule has 0 amide bonds. The number of halogens is 1. The van der Waals surface area contributed by atoms with Gasteiger partial charge in [-0.05, 0) is 30.4 Å². The number of hydrogen-bond donors (Lipinski definition) is 0. The van der Waals surface area contributed by atoms with Crippen molar-refractivity contribution in [2.45, 2.75) is 31.3 Å². The summed E-state index contributed by atoms with van der Waals surface area (Å²) in [5, 5.41) is 0.278. The van der Waals surface area contributed by atoms with Gasteiger partial charge in [0.15, 0.2) is 5.78 Å². The highest BCUT2D eigenvalue weighted by molar-refractivity contribution is 6.44. The standard InChI is InChI=1S/C19H22ClN3O3/c20-19-16(10-21-11-17(19)24)23-6-2-15(12-23)26-18-9-14(1-5-22-18)13-3-7-25-8-4-13/h1,5,9-10,13,15H,2-4,6-8,11-12H2/t15-/m1/s1. The van der Waals surface area contributed by atoms with Crippen molar-refractivity contribution < 1.29 is 14.3 Å². The van der Waals surface area contributed by atoms with Crippen molar-refractivity contribution in [2.75, 3.05) is 32.8 Å². The highest BCUT2D eigenvalue weighted by atomic mass is 35.5. The van der Waals surface area contributed by atoms with Crippen LogP contribution in [0.1, 0.15) is 30.7 Å². The van der Waals surface area contributed by atoms with Crippen molar-refractivity contribution in [3.63, 3.8) is 0 Å². The number of pyridine rings is 1. The van der Waals surface area contributed by atoms with Crippen LogP contribution in [0.3, 0.4) is 0 Å². The third kappa shape index (κ3) is 3.76. The molecular formula is C19H22ClN3O3. The Hall–Kier alpha value is -1.92. The van der Waals surface area contributed by atoms with Gasteiger partial charge in [-0.2, -0.15) is 0 Å². The monoisotopic (exact) mass is 375 g/mol. The van der Waals surface area contributed by atoms with E-state index in [0.717, 1.165) is 39.0 Å². The number of carbonyl (C=O) groups is 1. The SMILES string of the molecule is O=C1CN=CC(N2CC[C@@H](Oc3cc(C4CCOCC4)ccn3)C2)=C1Cl. The molecule has 0 bridgehead atoms. The van der Waals surface area contributed by atoms with Crippen molar-refractivity contribution in [1.29, 1.82) is 0 Å². The van der Waals surface area contributed by atoms with E-state index in [1.54, 1.807) is 6.21 Å². The lowest BCUT2D eigenvalue weighted by atomic mass is 9.92. The molecule has 6 nitrogen and oxygen atoms in total. The molecule has 1 atom stereocenters. The number of hydrogen-bond acceptors (Lipinski definition) is 6. The maximum Gasteiger partial charge on any atom is 0.213 e. The second kappa shape index (κ2) is 7.76. The normalized spacial score (nSPS) is 24.4. The Morgan fingerprint density at radius 3 is 2.96 bits per heavy atom. The average molecular weight is 376 g/mol. The topological polar surface area (TPSA) is 64.0 Å². The van der Waals surface area contributed by atoms with Crippen LogP contribution in [-0.4, -0.2) is 60.8 Å². The Morgan fingerprint density at radius 1 is 1.27 bits per heavy atom. The second-order valence-corrected chi connectivity index (χ2v) is 7.26. The molecule has 4 heterocycles. The van der Waals surface area contributed by atoms with Crippen molar-refractivity contribution >= 4 is 23.6 Å². The van der Waals surface area contributed by atoms with Crippen molar-refractivity contribution in [3.05, 3.63) is 34.6 Å². The van der Waals surface area contributed by atoms with Gasteiger partial charge in [0, 0.05) is 44.7 Å². The summed E-state index contributed by atoms with van der Waals surface area (Å²) in [6, 6.07) is 4.12. The molecule has 3 aliphatic rings. The van der Waals surface area contributed by atoms with Crippen molar-refractivity contribution in [1.82, 2.24) is 9.88 Å². The summed E-state index contributed by atoms with van der Waals surface area (Å²) in [6.45, 7) is 3.23. The first-order chi connectivity index (χ1) is 12.7. The molecule has 0 radical (unpaired) electrons. The number of likely N-dealkylation sites (tertiary alicyclic amines) is 1. The van der Waals surface area contributed by atoms with E-state index < -0.39 is 0 Å². The molecule has 0 saturated carbocycles. The minimum Gasteiger partial charge on any atom is -0.472 e. The summed E-state index contributed by atoms with van der Waals surface area (Å²) in [5.74, 6) is 1.05. The average Bonchev–Trinajstić information content (AvgIpc) is 3.13. The minimum absolute atomic E-state index is 0.0230. The van der Waals surface area contributed by atoms with Gasteiger partial charge in [0.2, 0.25) is 5.88 Å². The van der Waals surface area contributed by atoms with Crippen molar-refractivity contribution in [2.24, 2.45) is 4.99 Å². The molecule has 3 aliphatic heterocycles. The molecule has 0 spiro atoms. The molecule has 2 saturated heterocycles. The van der Waals surface area contributed by atoms with E-state index in [4.69, 9.17) is 21.1 Å². The number of Topliss-reactive ketones (excluding diaryl/α,β-unsaturated/α-hetero) is 1. The van der Waals surface area contributed by atoms with Gasteiger partial charge in [-0.1, -0.05) is 11.6 Å². The predicted molar refractivity (Wildman–Crippen MR) is 98.9 cm³/mol. The first kappa shape index (κ1) is 17.5. The zero-order chi connectivity index (χ0) is 17.9. The Bertz CT molecular complexity index is 743. The van der Waals surface area contributed by atoms with E-state index in [0.29, 0.717) is 24.0 Å². The number of ketones is 1. The van der Waals surface area contributed by atoms with E-state index in [1.165, 1.54) is 5.56 Å². The maximum atomic E-state index is 11.7. The van der Waals surface area contributed by atoms with E-state index in [2.05, 4.69) is 27.0 Å². The van der Waals surface area contributed by atoms with Gasteiger partial charge >= 0.3 is 0 Å². The molecule has 0 aromatic carbocycles. The minimum atomic E-state index is -0.126. The lowest BCUT2D eigenvalue weighted by Crippen LogP contribution is -2.28. The van der Waals surface area contributed by atoms with Crippen LogP contribution in [0.4, 0.5) is 0 Å². The van der Waals surface area contributed by atoms with E-state index in [9.17, 15) is 4.79 Å². The fourth-order valence-electron chi connectivity index (χ4n) is 3.69. The molecule has 7 heteroatoms. The van der Waals surface area contributed by atoms with Crippen LogP contribution in [0.5, 0.6) is 5.88 Å². The molecule has 0 aliphatic carbocycles. The fraction of sp³-hybridized carbons (Fsp3) is 0.526. The van der Waals surface area contributed by atoms with Crippen LogP contribution in [0.15, 0.2) is 34.1 Å². The highest BCUT2D eigenvalue weighted by Crippen LogP contribution is 2.29. The summed E-state index contributed by atoms with van der Waals surface area (Å²) < 4.78 is 11.6. The van der Waals surface area contributed by atoms with Crippen LogP contribution in [0.2, 0.25) is 0 Å². The molecule has 1 aromatic heterocycles. The van der Waals surface area contributed by atoms with Crippen LogP contribution >= 0.6 is 11.6 Å². The summed E-state index contributed by atoms with van der Waals surface area (Å²) in [7, 11) is 0. The van der Waals surface area contributed by atoms with E-state index in [-0.39, 0.29) is 23.5 Å². The number of allylic oxidation sites excluding steroid dienone is 1. The van der Waals surface area contributed by atoms with Gasteiger partial charge in [0.25, 0.3) is 0 Å². The summed E-state index contributed by atoms with van der Waals surface area (Å²) in [4.78, 5) is 22.3. The molecular weight excluding hydrogens is 354 g/mol. The van der Waals surface area contributed by atoms with Crippen LogP contribution in [-0.2, 0) is 9.53 Å². The maximum absolute atomic E-state index is 11.7. The Labute approximate surface area is 157 Å².